The summed E-state index contributed by atoms with van der Waals surface area (Å²) < 4.78 is 2.12. The zero-order valence-electron chi connectivity index (χ0n) is 23.1. The van der Waals surface area contributed by atoms with Gasteiger partial charge < -0.3 is 4.90 Å². The number of unbranched alkanes of at least 4 members (excludes halogenated alkanes) is 5. The Labute approximate surface area is 245 Å². The molecular formula is C31H37N5O2S2. The second-order valence-electron chi connectivity index (χ2n) is 10.4. The Morgan fingerprint density at radius 3 is 2.42 bits per heavy atom. The molecule has 2 fully saturated rings. The molecule has 1 aromatic carbocycles. The predicted octanol–water partition coefficient (Wildman–Crippen LogP) is 5.58. The first kappa shape index (κ1) is 28.5. The Hall–Kier alpha value is -3.01. The second kappa shape index (κ2) is 13.6. The predicted molar refractivity (Wildman–Crippen MR) is 169 cm³/mol. The van der Waals surface area contributed by atoms with Crippen molar-refractivity contribution >= 4 is 51.7 Å². The Balaban J connectivity index is 1.35. The average molecular weight is 576 g/mol. The van der Waals surface area contributed by atoms with E-state index in [2.05, 4.69) is 41.0 Å². The van der Waals surface area contributed by atoms with Gasteiger partial charge in [0.25, 0.3) is 11.5 Å². The Morgan fingerprint density at radius 2 is 1.65 bits per heavy atom. The van der Waals surface area contributed by atoms with Crippen LogP contribution in [-0.4, -0.2) is 62.1 Å². The molecule has 3 aromatic rings. The minimum Gasteiger partial charge on any atom is -0.353 e. The number of benzene rings is 1. The normalized spacial score (nSPS) is 17.5. The quantitative estimate of drug-likeness (QED) is 0.168. The molecule has 40 heavy (non-hydrogen) atoms. The van der Waals surface area contributed by atoms with Crippen LogP contribution in [0.15, 0.2) is 64.4 Å². The SMILES string of the molecule is CCCCCCCCN1C(=O)/C(=C/c2c(N3CCN(Cc4ccccc4)CC3)nc3ccccn3c2=O)SC1=S. The highest BCUT2D eigenvalue weighted by Gasteiger charge is 2.33. The maximum absolute atomic E-state index is 13.7. The number of amides is 1. The molecule has 0 aliphatic carbocycles. The smallest absolute Gasteiger partial charge is 0.267 e. The van der Waals surface area contributed by atoms with E-state index in [-0.39, 0.29) is 11.5 Å². The van der Waals surface area contributed by atoms with Gasteiger partial charge in [-0.05, 0) is 30.2 Å². The highest BCUT2D eigenvalue weighted by atomic mass is 32.2. The van der Waals surface area contributed by atoms with Crippen molar-refractivity contribution in [2.24, 2.45) is 0 Å². The van der Waals surface area contributed by atoms with Crippen LogP contribution in [0.3, 0.4) is 0 Å². The number of nitrogens with zero attached hydrogens (tertiary/aromatic N) is 5. The number of pyridine rings is 1. The summed E-state index contributed by atoms with van der Waals surface area (Å²) >= 11 is 6.86. The van der Waals surface area contributed by atoms with Gasteiger partial charge in [0.15, 0.2) is 0 Å². The van der Waals surface area contributed by atoms with Gasteiger partial charge in [-0.15, -0.1) is 0 Å². The summed E-state index contributed by atoms with van der Waals surface area (Å²) in [5.41, 5.74) is 2.16. The number of fused-ring (bicyclic) bond motifs is 1. The van der Waals surface area contributed by atoms with E-state index in [0.29, 0.717) is 32.8 Å². The lowest BCUT2D eigenvalue weighted by atomic mass is 10.1. The third-order valence-electron chi connectivity index (χ3n) is 7.55. The van der Waals surface area contributed by atoms with Gasteiger partial charge in [-0.1, -0.05) is 99.4 Å². The van der Waals surface area contributed by atoms with Crippen molar-refractivity contribution in [2.45, 2.75) is 52.0 Å². The summed E-state index contributed by atoms with van der Waals surface area (Å²) in [5, 5.41) is 0. The summed E-state index contributed by atoms with van der Waals surface area (Å²) in [6.45, 7) is 6.97. The summed E-state index contributed by atoms with van der Waals surface area (Å²) in [5.74, 6) is 0.525. The zero-order chi connectivity index (χ0) is 27.9. The van der Waals surface area contributed by atoms with E-state index >= 15 is 0 Å². The molecule has 0 saturated carbocycles. The highest BCUT2D eigenvalue weighted by Crippen LogP contribution is 2.34. The van der Waals surface area contributed by atoms with E-state index in [1.165, 1.54) is 43.0 Å². The van der Waals surface area contributed by atoms with Gasteiger partial charge >= 0.3 is 0 Å². The number of carbonyl (C=O) groups excluding carboxylic acids is 1. The van der Waals surface area contributed by atoms with E-state index in [4.69, 9.17) is 17.2 Å². The van der Waals surface area contributed by atoms with Crippen LogP contribution in [0.25, 0.3) is 11.7 Å². The van der Waals surface area contributed by atoms with Crippen LogP contribution >= 0.6 is 24.0 Å². The summed E-state index contributed by atoms with van der Waals surface area (Å²) in [6, 6.07) is 16.0. The monoisotopic (exact) mass is 575 g/mol. The molecule has 0 atom stereocenters. The fourth-order valence-electron chi connectivity index (χ4n) is 5.29. The Kier molecular flexibility index (Phi) is 9.67. The number of piperazine rings is 1. The molecule has 0 unspecified atom stereocenters. The van der Waals surface area contributed by atoms with E-state index in [9.17, 15) is 9.59 Å². The molecule has 1 amide bonds. The number of hydrogen-bond acceptors (Lipinski definition) is 7. The molecule has 210 valence electrons. The molecule has 7 nitrogen and oxygen atoms in total. The van der Waals surface area contributed by atoms with Crippen LogP contribution in [0.4, 0.5) is 5.82 Å². The average Bonchev–Trinajstić information content (AvgIpc) is 3.24. The standard InChI is InChI=1S/C31H37N5O2S2/c1-2-3-4-5-6-11-17-36-30(38)26(40-31(36)39)22-25-28(32-27-15-10-12-16-35(27)29(25)37)34-20-18-33(19-21-34)23-24-13-8-7-9-14-24/h7-10,12-16,22H,2-6,11,17-21,23H2,1H3/b26-22-. The van der Waals surface area contributed by atoms with E-state index in [1.54, 1.807) is 21.6 Å². The van der Waals surface area contributed by atoms with E-state index in [0.717, 1.165) is 45.6 Å². The molecule has 0 radical (unpaired) electrons. The first-order valence-corrected chi connectivity index (χ1v) is 15.6. The first-order valence-electron chi connectivity index (χ1n) is 14.3. The van der Waals surface area contributed by atoms with Crippen molar-refractivity contribution in [3.63, 3.8) is 0 Å². The van der Waals surface area contributed by atoms with Gasteiger partial charge in [0, 0.05) is 45.5 Å². The van der Waals surface area contributed by atoms with Crippen molar-refractivity contribution in [3.05, 3.63) is 81.1 Å². The molecule has 0 N–H and O–H groups in total. The number of aromatic nitrogens is 2. The summed E-state index contributed by atoms with van der Waals surface area (Å²) in [6.07, 6.45) is 10.4. The lowest BCUT2D eigenvalue weighted by molar-refractivity contribution is -0.122. The van der Waals surface area contributed by atoms with Crippen molar-refractivity contribution < 1.29 is 4.79 Å². The molecule has 9 heteroatoms. The number of anilines is 1. The second-order valence-corrected chi connectivity index (χ2v) is 12.1. The number of hydrogen-bond donors (Lipinski definition) is 0. The topological polar surface area (TPSA) is 61.2 Å². The Morgan fingerprint density at radius 1 is 0.925 bits per heavy atom. The van der Waals surface area contributed by atoms with Crippen LogP contribution in [0, 0.1) is 0 Å². The third-order valence-corrected chi connectivity index (χ3v) is 8.93. The molecule has 2 aromatic heterocycles. The van der Waals surface area contributed by atoms with Crippen LogP contribution < -0.4 is 10.5 Å². The van der Waals surface area contributed by atoms with Crippen LogP contribution in [0.2, 0.25) is 0 Å². The zero-order valence-corrected chi connectivity index (χ0v) is 24.8. The number of carbonyl (C=O) groups is 1. The van der Waals surface area contributed by atoms with Gasteiger partial charge in [0.2, 0.25) is 0 Å². The molecule has 2 aliphatic heterocycles. The third kappa shape index (κ3) is 6.65. The maximum atomic E-state index is 13.7. The van der Waals surface area contributed by atoms with Gasteiger partial charge in [-0.25, -0.2) is 4.98 Å². The van der Waals surface area contributed by atoms with Crippen molar-refractivity contribution in [1.82, 2.24) is 19.2 Å². The minimum absolute atomic E-state index is 0.111. The van der Waals surface area contributed by atoms with Gasteiger partial charge in [-0.2, -0.15) is 0 Å². The van der Waals surface area contributed by atoms with Crippen LogP contribution in [0.5, 0.6) is 0 Å². The molecular weight excluding hydrogens is 539 g/mol. The molecule has 0 spiro atoms. The van der Waals surface area contributed by atoms with Crippen molar-refractivity contribution in [2.75, 3.05) is 37.6 Å². The fourth-order valence-corrected chi connectivity index (χ4v) is 6.58. The fraction of sp³-hybridized carbons (Fsp3) is 0.419. The van der Waals surface area contributed by atoms with Gasteiger partial charge in [-0.3, -0.25) is 23.8 Å². The molecule has 0 bridgehead atoms. The van der Waals surface area contributed by atoms with Crippen molar-refractivity contribution in [3.8, 4) is 0 Å². The largest absolute Gasteiger partial charge is 0.353 e. The highest BCUT2D eigenvalue weighted by molar-refractivity contribution is 8.26. The van der Waals surface area contributed by atoms with E-state index in [1.807, 2.05) is 24.3 Å². The lowest BCUT2D eigenvalue weighted by Crippen LogP contribution is -2.47. The summed E-state index contributed by atoms with van der Waals surface area (Å²) in [4.78, 5) is 38.8. The van der Waals surface area contributed by atoms with Crippen LogP contribution in [0.1, 0.15) is 56.6 Å². The lowest BCUT2D eigenvalue weighted by Gasteiger charge is -2.36. The van der Waals surface area contributed by atoms with Gasteiger partial charge in [0.1, 0.15) is 15.8 Å². The van der Waals surface area contributed by atoms with Crippen molar-refractivity contribution in [1.29, 1.82) is 0 Å². The number of rotatable bonds is 11. The first-order chi connectivity index (χ1) is 19.5. The number of thiocarbonyl (C=S) groups is 1. The molecule has 2 saturated heterocycles. The van der Waals surface area contributed by atoms with E-state index < -0.39 is 0 Å². The maximum Gasteiger partial charge on any atom is 0.267 e. The molecule has 4 heterocycles. The van der Waals surface area contributed by atoms with Gasteiger partial charge in [0.05, 0.1) is 10.5 Å². The van der Waals surface area contributed by atoms with Crippen LogP contribution in [-0.2, 0) is 11.3 Å². The molecule has 5 rings (SSSR count). The minimum atomic E-state index is -0.173. The Bertz CT molecular complexity index is 1430. The summed E-state index contributed by atoms with van der Waals surface area (Å²) in [7, 11) is 0. The molecule has 2 aliphatic rings. The number of thioether (sulfide) groups is 1.